The number of β-amino-alcohol motifs (C(OH)–C–C–N with tert-alkyl or cyclic N) is 1. The second-order valence-corrected chi connectivity index (χ2v) is 6.18. The number of carboxylic acid groups (broad SMARTS) is 1. The number of amides is 1. The van der Waals surface area contributed by atoms with Gasteiger partial charge < -0.3 is 19.8 Å². The maximum Gasteiger partial charge on any atom is 0.410 e. The summed E-state index contributed by atoms with van der Waals surface area (Å²) in [5, 5.41) is 22.7. The summed E-state index contributed by atoms with van der Waals surface area (Å²) in [5.41, 5.74) is -0.0148. The molecule has 0 unspecified atom stereocenters. The molecule has 23 heavy (non-hydrogen) atoms. The molecule has 0 saturated carbocycles. The van der Waals surface area contributed by atoms with Crippen molar-refractivity contribution in [1.82, 2.24) is 4.90 Å². The third-order valence-corrected chi connectivity index (χ3v) is 4.51. The zero-order valence-corrected chi connectivity index (χ0v) is 13.0. The molecule has 0 radical (unpaired) electrons. The second kappa shape index (κ2) is 6.02. The van der Waals surface area contributed by atoms with Gasteiger partial charge in [-0.2, -0.15) is 11.3 Å². The molecule has 6 nitrogen and oxygen atoms in total. The van der Waals surface area contributed by atoms with Gasteiger partial charge in [-0.25, -0.2) is 9.59 Å². The van der Waals surface area contributed by atoms with Crippen LogP contribution in [0.25, 0.3) is 0 Å². The number of ether oxygens (including phenoxy) is 1. The summed E-state index contributed by atoms with van der Waals surface area (Å²) in [4.78, 5) is 24.4. The van der Waals surface area contributed by atoms with Crippen LogP contribution in [0.4, 0.5) is 4.79 Å². The second-order valence-electron chi connectivity index (χ2n) is 5.43. The van der Waals surface area contributed by atoms with Crippen molar-refractivity contribution >= 4 is 23.4 Å². The van der Waals surface area contributed by atoms with Gasteiger partial charge in [0.25, 0.3) is 0 Å². The van der Waals surface area contributed by atoms with Gasteiger partial charge in [0.2, 0.25) is 0 Å². The van der Waals surface area contributed by atoms with Gasteiger partial charge in [-0.15, -0.1) is 0 Å². The third kappa shape index (κ3) is 3.06. The molecule has 1 fully saturated rings. The Labute approximate surface area is 136 Å². The SMILES string of the molecule is O=C(O)c1cscc1C1(O)CN(C(=O)OCc2ccccc2)C1. The first-order valence-electron chi connectivity index (χ1n) is 6.97. The molecule has 0 aliphatic carbocycles. The topological polar surface area (TPSA) is 87.1 Å². The molecular weight excluding hydrogens is 318 g/mol. The molecule has 1 aliphatic rings. The first kappa shape index (κ1) is 15.5. The van der Waals surface area contributed by atoms with Crippen molar-refractivity contribution < 1.29 is 24.5 Å². The number of aromatic carboxylic acids is 1. The van der Waals surface area contributed by atoms with Gasteiger partial charge >= 0.3 is 12.1 Å². The number of nitrogens with zero attached hydrogens (tertiary/aromatic N) is 1. The molecule has 2 aromatic rings. The molecule has 1 aromatic carbocycles. The van der Waals surface area contributed by atoms with Gasteiger partial charge in [-0.05, 0) is 10.9 Å². The number of carboxylic acids is 1. The van der Waals surface area contributed by atoms with E-state index in [4.69, 9.17) is 9.84 Å². The minimum Gasteiger partial charge on any atom is -0.478 e. The lowest BCUT2D eigenvalue weighted by atomic mass is 9.86. The Morgan fingerprint density at radius 1 is 1.22 bits per heavy atom. The molecule has 0 atom stereocenters. The third-order valence-electron chi connectivity index (χ3n) is 3.76. The van der Waals surface area contributed by atoms with Crippen molar-refractivity contribution in [2.45, 2.75) is 12.2 Å². The summed E-state index contributed by atoms with van der Waals surface area (Å²) in [6.45, 7) is 0.211. The van der Waals surface area contributed by atoms with E-state index in [0.29, 0.717) is 5.56 Å². The highest BCUT2D eigenvalue weighted by molar-refractivity contribution is 7.08. The summed E-state index contributed by atoms with van der Waals surface area (Å²) >= 11 is 1.21. The summed E-state index contributed by atoms with van der Waals surface area (Å²) in [6, 6.07) is 9.29. The van der Waals surface area contributed by atoms with Crippen molar-refractivity contribution in [3.05, 3.63) is 57.8 Å². The average Bonchev–Trinajstić information content (AvgIpc) is 3.01. The van der Waals surface area contributed by atoms with Crippen LogP contribution in [-0.4, -0.2) is 40.3 Å². The number of hydrogen-bond acceptors (Lipinski definition) is 5. The zero-order chi connectivity index (χ0) is 16.4. The Balaban J connectivity index is 1.58. The first-order chi connectivity index (χ1) is 11.0. The highest BCUT2D eigenvalue weighted by atomic mass is 32.1. The molecule has 1 saturated heterocycles. The van der Waals surface area contributed by atoms with Crippen LogP contribution in [0, 0.1) is 0 Å². The van der Waals surface area contributed by atoms with Crippen LogP contribution in [-0.2, 0) is 16.9 Å². The first-order valence-corrected chi connectivity index (χ1v) is 7.92. The van der Waals surface area contributed by atoms with E-state index in [1.165, 1.54) is 21.6 Å². The van der Waals surface area contributed by atoms with E-state index in [2.05, 4.69) is 0 Å². The van der Waals surface area contributed by atoms with E-state index < -0.39 is 17.7 Å². The predicted octanol–water partition coefficient (Wildman–Crippen LogP) is 2.29. The Bertz CT molecular complexity index is 721. The zero-order valence-electron chi connectivity index (χ0n) is 12.1. The fourth-order valence-corrected chi connectivity index (χ4v) is 3.43. The molecule has 2 heterocycles. The van der Waals surface area contributed by atoms with Crippen LogP contribution in [0.1, 0.15) is 21.5 Å². The Morgan fingerprint density at radius 2 is 1.91 bits per heavy atom. The summed E-state index contributed by atoms with van der Waals surface area (Å²) in [7, 11) is 0. The number of carbonyl (C=O) groups is 2. The highest BCUT2D eigenvalue weighted by Gasteiger charge is 2.47. The molecule has 0 spiro atoms. The lowest BCUT2D eigenvalue weighted by Crippen LogP contribution is -2.61. The van der Waals surface area contributed by atoms with Crippen LogP contribution >= 0.6 is 11.3 Å². The number of carbonyl (C=O) groups excluding carboxylic acids is 1. The van der Waals surface area contributed by atoms with Crippen LogP contribution in [0.15, 0.2) is 41.1 Å². The maximum atomic E-state index is 12.0. The van der Waals surface area contributed by atoms with Gasteiger partial charge in [-0.1, -0.05) is 30.3 Å². The minimum absolute atomic E-state index is 0.0254. The number of hydrogen-bond donors (Lipinski definition) is 2. The number of likely N-dealkylation sites (tertiary alicyclic amines) is 1. The van der Waals surface area contributed by atoms with E-state index in [-0.39, 0.29) is 25.3 Å². The summed E-state index contributed by atoms with van der Waals surface area (Å²) in [6.07, 6.45) is -0.523. The van der Waals surface area contributed by atoms with Gasteiger partial charge in [0, 0.05) is 10.9 Å². The van der Waals surface area contributed by atoms with E-state index in [0.717, 1.165) is 5.56 Å². The Hall–Kier alpha value is -2.38. The lowest BCUT2D eigenvalue weighted by molar-refractivity contribution is -0.0950. The van der Waals surface area contributed by atoms with Crippen molar-refractivity contribution in [3.63, 3.8) is 0 Å². The standard InChI is InChI=1S/C16H15NO5S/c18-14(19)12-7-23-8-13(12)16(21)9-17(10-16)15(20)22-6-11-4-2-1-3-5-11/h1-5,7-8,21H,6,9-10H2,(H,18,19). The normalized spacial score (nSPS) is 15.8. The molecular formula is C16H15NO5S. The lowest BCUT2D eigenvalue weighted by Gasteiger charge is -2.45. The van der Waals surface area contributed by atoms with Gasteiger partial charge in [-0.3, -0.25) is 0 Å². The fourth-order valence-electron chi connectivity index (χ4n) is 2.52. The smallest absolute Gasteiger partial charge is 0.410 e. The van der Waals surface area contributed by atoms with Crippen molar-refractivity contribution in [1.29, 1.82) is 0 Å². The number of thiophene rings is 1. The maximum absolute atomic E-state index is 12.0. The molecule has 120 valence electrons. The molecule has 1 aromatic heterocycles. The van der Waals surface area contributed by atoms with Crippen LogP contribution in [0.2, 0.25) is 0 Å². The van der Waals surface area contributed by atoms with Crippen molar-refractivity contribution in [3.8, 4) is 0 Å². The average molecular weight is 333 g/mol. The van der Waals surface area contributed by atoms with Crippen molar-refractivity contribution in [2.75, 3.05) is 13.1 Å². The molecule has 3 rings (SSSR count). The van der Waals surface area contributed by atoms with Gasteiger partial charge in [0.05, 0.1) is 18.7 Å². The molecule has 1 aliphatic heterocycles. The number of rotatable bonds is 4. The van der Waals surface area contributed by atoms with E-state index >= 15 is 0 Å². The number of benzene rings is 1. The monoisotopic (exact) mass is 333 g/mol. The molecule has 7 heteroatoms. The summed E-state index contributed by atoms with van der Waals surface area (Å²) in [5.74, 6) is -1.08. The molecule has 1 amide bonds. The highest BCUT2D eigenvalue weighted by Crippen LogP contribution is 2.36. The quantitative estimate of drug-likeness (QED) is 0.896. The number of aliphatic hydroxyl groups is 1. The van der Waals surface area contributed by atoms with Gasteiger partial charge in [0.15, 0.2) is 0 Å². The van der Waals surface area contributed by atoms with E-state index in [1.54, 1.807) is 5.38 Å². The predicted molar refractivity (Wildman–Crippen MR) is 83.4 cm³/mol. The molecule has 0 bridgehead atoms. The fraction of sp³-hybridized carbons (Fsp3) is 0.250. The minimum atomic E-state index is -1.32. The van der Waals surface area contributed by atoms with Gasteiger partial charge in [0.1, 0.15) is 12.2 Å². The Kier molecular flexibility index (Phi) is 4.06. The van der Waals surface area contributed by atoms with Crippen LogP contribution < -0.4 is 0 Å². The van der Waals surface area contributed by atoms with Crippen molar-refractivity contribution in [2.24, 2.45) is 0 Å². The Morgan fingerprint density at radius 3 is 2.57 bits per heavy atom. The van der Waals surface area contributed by atoms with E-state index in [1.807, 2.05) is 30.3 Å². The summed E-state index contributed by atoms with van der Waals surface area (Å²) < 4.78 is 5.18. The van der Waals surface area contributed by atoms with Crippen LogP contribution in [0.3, 0.4) is 0 Å². The van der Waals surface area contributed by atoms with E-state index in [9.17, 15) is 14.7 Å². The van der Waals surface area contributed by atoms with Crippen LogP contribution in [0.5, 0.6) is 0 Å². The largest absolute Gasteiger partial charge is 0.478 e. The molecule has 2 N–H and O–H groups in total.